The van der Waals surface area contributed by atoms with Gasteiger partial charge in [0.15, 0.2) is 12.2 Å². The Morgan fingerprint density at radius 2 is 2.07 bits per heavy atom. The zero-order valence-corrected chi connectivity index (χ0v) is 8.41. The third kappa shape index (κ3) is 2.70. The third-order valence-electron chi connectivity index (χ3n) is 1.82. The molecule has 1 aliphatic rings. The fourth-order valence-electron chi connectivity index (χ4n) is 1.06. The first-order chi connectivity index (χ1) is 6.70. The minimum absolute atomic E-state index is 0.232. The average Bonchev–Trinajstić information content (AvgIpc) is 2.94. The molecule has 0 bridgehead atoms. The second kappa shape index (κ2) is 4.95. The number of carbonyl (C=O) groups is 2. The van der Waals surface area contributed by atoms with Crippen LogP contribution in [0.2, 0.25) is 0 Å². The molecular formula is C9H15NO4. The fraction of sp³-hybridized carbons (Fsp3) is 0.778. The molecule has 0 radical (unpaired) electrons. The molecule has 1 fully saturated rings. The van der Waals surface area contributed by atoms with Gasteiger partial charge in [0.1, 0.15) is 0 Å². The first-order valence-electron chi connectivity index (χ1n) is 4.80. The Bertz CT molecular complexity index is 229. The lowest BCUT2D eigenvalue weighted by atomic mass is 10.3. The van der Waals surface area contributed by atoms with E-state index in [1.807, 2.05) is 6.92 Å². The van der Waals surface area contributed by atoms with Gasteiger partial charge in [-0.25, -0.2) is 4.79 Å². The zero-order chi connectivity index (χ0) is 10.6. The lowest BCUT2D eigenvalue weighted by Crippen LogP contribution is -2.31. The normalized spacial score (nSPS) is 24.1. The molecule has 1 N–H and O–H groups in total. The summed E-state index contributed by atoms with van der Waals surface area (Å²) in [6.07, 6.45) is -0.463. The van der Waals surface area contributed by atoms with E-state index in [2.05, 4.69) is 5.32 Å². The largest absolute Gasteiger partial charge is 0.464 e. The van der Waals surface area contributed by atoms with Crippen molar-refractivity contribution < 1.29 is 19.1 Å². The topological polar surface area (TPSA) is 67.9 Å². The number of amides is 1. The molecule has 0 aliphatic carbocycles. The van der Waals surface area contributed by atoms with Crippen molar-refractivity contribution in [1.29, 1.82) is 0 Å². The second-order valence-electron chi connectivity index (χ2n) is 3.02. The summed E-state index contributed by atoms with van der Waals surface area (Å²) in [4.78, 5) is 22.3. The molecule has 1 amide bonds. The fourth-order valence-corrected chi connectivity index (χ4v) is 1.06. The Kier molecular flexibility index (Phi) is 3.88. The van der Waals surface area contributed by atoms with Crippen LogP contribution in [0, 0.1) is 0 Å². The molecule has 2 atom stereocenters. The van der Waals surface area contributed by atoms with Crippen LogP contribution >= 0.6 is 0 Å². The van der Waals surface area contributed by atoms with Crippen LogP contribution in [-0.2, 0) is 19.1 Å². The number of hydrogen-bond donors (Lipinski definition) is 1. The molecule has 5 nitrogen and oxygen atoms in total. The maximum Gasteiger partial charge on any atom is 0.338 e. The number of carbonyl (C=O) groups excluding carboxylic acids is 2. The third-order valence-corrected chi connectivity index (χ3v) is 1.82. The number of rotatable bonds is 5. The van der Waals surface area contributed by atoms with E-state index < -0.39 is 18.2 Å². The van der Waals surface area contributed by atoms with Crippen molar-refractivity contribution in [3.05, 3.63) is 0 Å². The highest BCUT2D eigenvalue weighted by Gasteiger charge is 2.51. The monoisotopic (exact) mass is 201 g/mol. The van der Waals surface area contributed by atoms with E-state index in [1.165, 1.54) is 0 Å². The van der Waals surface area contributed by atoms with Crippen molar-refractivity contribution >= 4 is 11.9 Å². The van der Waals surface area contributed by atoms with Gasteiger partial charge in [-0.2, -0.15) is 0 Å². The Hall–Kier alpha value is -1.10. The number of ether oxygens (including phenoxy) is 2. The summed E-state index contributed by atoms with van der Waals surface area (Å²) >= 11 is 0. The lowest BCUT2D eigenvalue weighted by Gasteiger charge is -1.99. The summed E-state index contributed by atoms with van der Waals surface area (Å²) < 4.78 is 9.61. The van der Waals surface area contributed by atoms with Crippen molar-refractivity contribution in [3.8, 4) is 0 Å². The molecule has 0 unspecified atom stereocenters. The van der Waals surface area contributed by atoms with E-state index in [0.717, 1.165) is 6.42 Å². The van der Waals surface area contributed by atoms with Crippen LogP contribution in [0.1, 0.15) is 20.3 Å². The number of epoxide rings is 1. The summed E-state index contributed by atoms with van der Waals surface area (Å²) in [7, 11) is 0. The molecule has 0 aromatic heterocycles. The molecule has 1 rings (SSSR count). The minimum Gasteiger partial charge on any atom is -0.464 e. The molecule has 0 aromatic carbocycles. The van der Waals surface area contributed by atoms with Crippen LogP contribution in [-0.4, -0.2) is 37.2 Å². The number of nitrogens with one attached hydrogen (secondary N) is 1. The van der Waals surface area contributed by atoms with Crippen LogP contribution in [0.4, 0.5) is 0 Å². The average molecular weight is 201 g/mol. The predicted molar refractivity (Wildman–Crippen MR) is 48.6 cm³/mol. The molecular weight excluding hydrogens is 186 g/mol. The summed E-state index contributed by atoms with van der Waals surface area (Å²) in [6.45, 7) is 4.58. The van der Waals surface area contributed by atoms with Crippen LogP contribution in [0.15, 0.2) is 0 Å². The van der Waals surface area contributed by atoms with Crippen molar-refractivity contribution in [1.82, 2.24) is 5.32 Å². The van der Waals surface area contributed by atoms with Crippen molar-refractivity contribution in [2.75, 3.05) is 13.2 Å². The molecule has 1 aliphatic heterocycles. The molecule has 0 saturated carbocycles. The molecule has 14 heavy (non-hydrogen) atoms. The second-order valence-corrected chi connectivity index (χ2v) is 3.02. The molecule has 1 heterocycles. The summed E-state index contributed by atoms with van der Waals surface area (Å²) in [5.74, 6) is -0.686. The first-order valence-corrected chi connectivity index (χ1v) is 4.80. The van der Waals surface area contributed by atoms with Crippen molar-refractivity contribution in [2.45, 2.75) is 32.5 Å². The summed E-state index contributed by atoms with van der Waals surface area (Å²) in [5.41, 5.74) is 0. The first kappa shape index (κ1) is 11.0. The van der Waals surface area contributed by atoms with Crippen LogP contribution in [0.25, 0.3) is 0 Å². The maximum absolute atomic E-state index is 11.2. The van der Waals surface area contributed by atoms with Gasteiger partial charge >= 0.3 is 5.97 Å². The lowest BCUT2D eigenvalue weighted by molar-refractivity contribution is -0.144. The highest BCUT2D eigenvalue weighted by molar-refractivity contribution is 5.92. The molecule has 0 spiro atoms. The van der Waals surface area contributed by atoms with Crippen LogP contribution < -0.4 is 5.32 Å². The SMILES string of the molecule is CCCNC(=O)[C@@H]1O[C@@H]1C(=O)OCC. The Balaban J connectivity index is 2.24. The molecule has 5 heteroatoms. The van der Waals surface area contributed by atoms with E-state index in [9.17, 15) is 9.59 Å². The standard InChI is InChI=1S/C9H15NO4/c1-3-5-10-8(11)6-7(14-6)9(12)13-4-2/h6-7H,3-5H2,1-2H3,(H,10,11)/t6-,7+/m1/s1. The molecule has 80 valence electrons. The highest BCUT2D eigenvalue weighted by Crippen LogP contribution is 2.23. The van der Waals surface area contributed by atoms with Crippen LogP contribution in [0.5, 0.6) is 0 Å². The van der Waals surface area contributed by atoms with Gasteiger partial charge in [0.05, 0.1) is 6.61 Å². The van der Waals surface area contributed by atoms with Crippen molar-refractivity contribution in [2.24, 2.45) is 0 Å². The van der Waals surface area contributed by atoms with Gasteiger partial charge in [-0.15, -0.1) is 0 Å². The van der Waals surface area contributed by atoms with Gasteiger partial charge in [-0.05, 0) is 13.3 Å². The Morgan fingerprint density at radius 1 is 1.36 bits per heavy atom. The van der Waals surface area contributed by atoms with Crippen LogP contribution in [0.3, 0.4) is 0 Å². The number of esters is 1. The van der Waals surface area contributed by atoms with E-state index in [0.29, 0.717) is 13.2 Å². The number of hydrogen-bond acceptors (Lipinski definition) is 4. The van der Waals surface area contributed by atoms with Gasteiger partial charge in [0, 0.05) is 6.54 Å². The minimum atomic E-state index is -0.688. The van der Waals surface area contributed by atoms with Gasteiger partial charge in [-0.3, -0.25) is 4.79 Å². The summed E-state index contributed by atoms with van der Waals surface area (Å²) in [5, 5.41) is 2.65. The molecule has 1 saturated heterocycles. The van der Waals surface area contributed by atoms with E-state index in [4.69, 9.17) is 9.47 Å². The highest BCUT2D eigenvalue weighted by atomic mass is 16.6. The van der Waals surface area contributed by atoms with E-state index in [-0.39, 0.29) is 5.91 Å². The van der Waals surface area contributed by atoms with Gasteiger partial charge in [0.25, 0.3) is 5.91 Å². The quantitative estimate of drug-likeness (QED) is 0.496. The Morgan fingerprint density at radius 3 is 2.64 bits per heavy atom. The van der Waals surface area contributed by atoms with Gasteiger partial charge in [0.2, 0.25) is 0 Å². The molecule has 0 aromatic rings. The maximum atomic E-state index is 11.2. The summed E-state index contributed by atoms with van der Waals surface area (Å²) in [6, 6.07) is 0. The van der Waals surface area contributed by atoms with Gasteiger partial charge < -0.3 is 14.8 Å². The smallest absolute Gasteiger partial charge is 0.338 e. The van der Waals surface area contributed by atoms with E-state index in [1.54, 1.807) is 6.92 Å². The van der Waals surface area contributed by atoms with Crippen molar-refractivity contribution in [3.63, 3.8) is 0 Å². The zero-order valence-electron chi connectivity index (χ0n) is 8.41. The Labute approximate surface area is 82.8 Å². The van der Waals surface area contributed by atoms with E-state index >= 15 is 0 Å². The predicted octanol–water partition coefficient (Wildman–Crippen LogP) is -0.157. The van der Waals surface area contributed by atoms with Gasteiger partial charge in [-0.1, -0.05) is 6.92 Å².